The zero-order valence-corrected chi connectivity index (χ0v) is 11.6. The molecule has 0 unspecified atom stereocenters. The number of benzene rings is 2. The van der Waals surface area contributed by atoms with Crippen LogP contribution in [0.3, 0.4) is 0 Å². The lowest BCUT2D eigenvalue weighted by Crippen LogP contribution is -2.08. The summed E-state index contributed by atoms with van der Waals surface area (Å²) in [4.78, 5) is 24.0. The summed E-state index contributed by atoms with van der Waals surface area (Å²) in [5.74, 6) is -0.304. The van der Waals surface area contributed by atoms with E-state index in [0.717, 1.165) is 5.56 Å². The smallest absolute Gasteiger partial charge is 0.310 e. The third kappa shape index (κ3) is 2.52. The Kier molecular flexibility index (Phi) is 3.44. The standard InChI is InChI=1S/C17H14O4/c1-2-20-16(18)10-11-7-8-15-13(9-11)17(19)12-5-3-4-6-14(12)21-15/h3-9H,2,10H2,1H3. The van der Waals surface area contributed by atoms with Gasteiger partial charge in [-0.05, 0) is 36.8 Å². The molecule has 2 aromatic carbocycles. The van der Waals surface area contributed by atoms with Crippen molar-refractivity contribution in [1.29, 1.82) is 0 Å². The van der Waals surface area contributed by atoms with Crippen molar-refractivity contribution in [3.05, 3.63) is 58.3 Å². The third-order valence-corrected chi connectivity index (χ3v) is 3.29. The first-order valence-corrected chi connectivity index (χ1v) is 6.79. The zero-order chi connectivity index (χ0) is 14.8. The molecule has 4 nitrogen and oxygen atoms in total. The second-order valence-electron chi connectivity index (χ2n) is 4.74. The van der Waals surface area contributed by atoms with E-state index in [2.05, 4.69) is 0 Å². The minimum Gasteiger partial charge on any atom is -0.466 e. The van der Waals surface area contributed by atoms with E-state index in [-0.39, 0.29) is 17.8 Å². The van der Waals surface area contributed by atoms with Crippen LogP contribution in [0.15, 0.2) is 51.7 Å². The van der Waals surface area contributed by atoms with Crippen molar-refractivity contribution in [3.63, 3.8) is 0 Å². The number of para-hydroxylation sites is 1. The van der Waals surface area contributed by atoms with Crippen LogP contribution in [0.4, 0.5) is 0 Å². The van der Waals surface area contributed by atoms with Gasteiger partial charge >= 0.3 is 5.97 Å². The SMILES string of the molecule is CCOC(=O)Cc1ccc2oc3ccccc3c(=O)c2c1. The van der Waals surface area contributed by atoms with Crippen LogP contribution >= 0.6 is 0 Å². The number of fused-ring (bicyclic) bond motifs is 2. The highest BCUT2D eigenvalue weighted by Gasteiger charge is 2.10. The number of hydrogen-bond acceptors (Lipinski definition) is 4. The molecule has 4 heteroatoms. The first kappa shape index (κ1) is 13.4. The molecule has 3 aromatic rings. The topological polar surface area (TPSA) is 56.5 Å². The fourth-order valence-electron chi connectivity index (χ4n) is 2.34. The third-order valence-electron chi connectivity index (χ3n) is 3.29. The van der Waals surface area contributed by atoms with Crippen LogP contribution in [0.2, 0.25) is 0 Å². The van der Waals surface area contributed by atoms with E-state index in [1.807, 2.05) is 6.07 Å². The molecule has 0 amide bonds. The summed E-state index contributed by atoms with van der Waals surface area (Å²) in [5, 5.41) is 1.02. The summed E-state index contributed by atoms with van der Waals surface area (Å²) in [6.45, 7) is 2.11. The predicted molar refractivity (Wildman–Crippen MR) is 80.3 cm³/mol. The fraction of sp³-hybridized carbons (Fsp3) is 0.176. The van der Waals surface area contributed by atoms with Gasteiger partial charge in [-0.15, -0.1) is 0 Å². The van der Waals surface area contributed by atoms with Crippen molar-refractivity contribution < 1.29 is 13.9 Å². The summed E-state index contributed by atoms with van der Waals surface area (Å²) in [7, 11) is 0. The van der Waals surface area contributed by atoms with Gasteiger partial charge < -0.3 is 9.15 Å². The molecule has 106 valence electrons. The van der Waals surface area contributed by atoms with Gasteiger partial charge in [-0.25, -0.2) is 0 Å². The Bertz CT molecular complexity index is 877. The molecule has 1 heterocycles. The van der Waals surface area contributed by atoms with Gasteiger partial charge in [0.1, 0.15) is 11.2 Å². The van der Waals surface area contributed by atoms with E-state index in [9.17, 15) is 9.59 Å². The number of carbonyl (C=O) groups is 1. The summed E-state index contributed by atoms with van der Waals surface area (Å²) in [6, 6.07) is 12.3. The average Bonchev–Trinajstić information content (AvgIpc) is 2.48. The maximum Gasteiger partial charge on any atom is 0.310 e. The Labute approximate surface area is 120 Å². The normalized spacial score (nSPS) is 10.9. The molecule has 3 rings (SSSR count). The Morgan fingerprint density at radius 2 is 1.86 bits per heavy atom. The number of rotatable bonds is 3. The molecule has 0 bridgehead atoms. The zero-order valence-electron chi connectivity index (χ0n) is 11.6. The minimum atomic E-state index is -0.304. The highest BCUT2D eigenvalue weighted by atomic mass is 16.5. The Hall–Kier alpha value is -2.62. The lowest BCUT2D eigenvalue weighted by molar-refractivity contribution is -0.142. The lowest BCUT2D eigenvalue weighted by atomic mass is 10.1. The van der Waals surface area contributed by atoms with Crippen LogP contribution in [-0.4, -0.2) is 12.6 Å². The molecule has 0 N–H and O–H groups in total. The quantitative estimate of drug-likeness (QED) is 0.547. The number of carbonyl (C=O) groups excluding carboxylic acids is 1. The molecule has 0 atom stereocenters. The molecule has 21 heavy (non-hydrogen) atoms. The maximum atomic E-state index is 12.5. The second kappa shape index (κ2) is 5.40. The van der Waals surface area contributed by atoms with Gasteiger partial charge in [-0.1, -0.05) is 18.2 Å². The molecule has 0 saturated carbocycles. The average molecular weight is 282 g/mol. The van der Waals surface area contributed by atoms with Crippen molar-refractivity contribution in [2.75, 3.05) is 6.61 Å². The van der Waals surface area contributed by atoms with E-state index in [4.69, 9.17) is 9.15 Å². The molecule has 0 aliphatic carbocycles. The Morgan fingerprint density at radius 3 is 2.67 bits per heavy atom. The molecular formula is C17H14O4. The largest absolute Gasteiger partial charge is 0.466 e. The highest BCUT2D eigenvalue weighted by molar-refractivity contribution is 5.90. The summed E-state index contributed by atoms with van der Waals surface area (Å²) >= 11 is 0. The van der Waals surface area contributed by atoms with Crippen LogP contribution in [0, 0.1) is 0 Å². The van der Waals surface area contributed by atoms with E-state index in [0.29, 0.717) is 28.5 Å². The second-order valence-corrected chi connectivity index (χ2v) is 4.74. The van der Waals surface area contributed by atoms with Gasteiger partial charge in [-0.2, -0.15) is 0 Å². The van der Waals surface area contributed by atoms with Crippen LogP contribution in [0.5, 0.6) is 0 Å². The summed E-state index contributed by atoms with van der Waals surface area (Å²) in [6.07, 6.45) is 0.149. The number of ether oxygens (including phenoxy) is 1. The number of esters is 1. The van der Waals surface area contributed by atoms with Gasteiger partial charge in [0.25, 0.3) is 0 Å². The molecule has 0 aliphatic heterocycles. The molecule has 0 saturated heterocycles. The Balaban J connectivity index is 2.12. The van der Waals surface area contributed by atoms with E-state index in [1.165, 1.54) is 0 Å². The molecule has 0 fully saturated rings. The molecule has 0 radical (unpaired) electrons. The minimum absolute atomic E-state index is 0.0856. The predicted octanol–water partition coefficient (Wildman–Crippen LogP) is 3.05. The first-order chi connectivity index (χ1) is 10.2. The van der Waals surface area contributed by atoms with Crippen molar-refractivity contribution >= 4 is 27.9 Å². The first-order valence-electron chi connectivity index (χ1n) is 6.79. The van der Waals surface area contributed by atoms with Crippen LogP contribution in [0.25, 0.3) is 21.9 Å². The summed E-state index contributed by atoms with van der Waals surface area (Å²) in [5.41, 5.74) is 1.74. The highest BCUT2D eigenvalue weighted by Crippen LogP contribution is 2.19. The Morgan fingerprint density at radius 1 is 1.10 bits per heavy atom. The van der Waals surface area contributed by atoms with E-state index < -0.39 is 0 Å². The van der Waals surface area contributed by atoms with E-state index >= 15 is 0 Å². The van der Waals surface area contributed by atoms with Crippen LogP contribution in [-0.2, 0) is 16.0 Å². The number of hydrogen-bond donors (Lipinski definition) is 0. The van der Waals surface area contributed by atoms with Crippen molar-refractivity contribution in [2.24, 2.45) is 0 Å². The fourth-order valence-corrected chi connectivity index (χ4v) is 2.34. The molecule has 1 aromatic heterocycles. The van der Waals surface area contributed by atoms with E-state index in [1.54, 1.807) is 43.3 Å². The summed E-state index contributed by atoms with van der Waals surface area (Å²) < 4.78 is 10.6. The van der Waals surface area contributed by atoms with Crippen LogP contribution in [0.1, 0.15) is 12.5 Å². The molecule has 0 aliphatic rings. The van der Waals surface area contributed by atoms with Gasteiger partial charge in [-0.3, -0.25) is 9.59 Å². The van der Waals surface area contributed by atoms with Crippen LogP contribution < -0.4 is 5.43 Å². The maximum absolute atomic E-state index is 12.5. The van der Waals surface area contributed by atoms with Gasteiger partial charge in [0.15, 0.2) is 0 Å². The lowest BCUT2D eigenvalue weighted by Gasteiger charge is -2.04. The van der Waals surface area contributed by atoms with Crippen molar-refractivity contribution in [3.8, 4) is 0 Å². The molecular weight excluding hydrogens is 268 g/mol. The van der Waals surface area contributed by atoms with Gasteiger partial charge in [0.2, 0.25) is 5.43 Å². The van der Waals surface area contributed by atoms with Crippen molar-refractivity contribution in [1.82, 2.24) is 0 Å². The monoisotopic (exact) mass is 282 g/mol. The van der Waals surface area contributed by atoms with Crippen molar-refractivity contribution in [2.45, 2.75) is 13.3 Å². The van der Waals surface area contributed by atoms with Gasteiger partial charge in [0, 0.05) is 0 Å². The molecule has 0 spiro atoms. The van der Waals surface area contributed by atoms with Gasteiger partial charge in [0.05, 0.1) is 23.8 Å².